The smallest absolute Gasteiger partial charge is 0.422 e. The van der Waals surface area contributed by atoms with Gasteiger partial charge in [-0.2, -0.15) is 18.1 Å². The molecular weight excluding hydrogens is 609 g/mol. The van der Waals surface area contributed by atoms with Gasteiger partial charge in [-0.25, -0.2) is 23.5 Å². The molecule has 10 nitrogen and oxygen atoms in total. The van der Waals surface area contributed by atoms with Crippen molar-refractivity contribution in [1.29, 1.82) is 0 Å². The zero-order valence-electron chi connectivity index (χ0n) is 23.2. The molecule has 0 saturated carbocycles. The Morgan fingerprint density at radius 3 is 2.26 bits per heavy atom. The molecule has 228 valence electrons. The Morgan fingerprint density at radius 1 is 1.00 bits per heavy atom. The Bertz CT molecular complexity index is 1700. The molecule has 0 aliphatic carbocycles. The van der Waals surface area contributed by atoms with Crippen molar-refractivity contribution in [3.05, 3.63) is 76.9 Å². The largest absolute Gasteiger partial charge is 0.464 e. The van der Waals surface area contributed by atoms with Crippen LogP contribution in [-0.2, 0) is 16.6 Å². The van der Waals surface area contributed by atoms with Gasteiger partial charge in [0.2, 0.25) is 0 Å². The number of benzene rings is 1. The molecule has 0 aliphatic rings. The summed E-state index contributed by atoms with van der Waals surface area (Å²) in [6.07, 6.45) is -7.26. The minimum Gasteiger partial charge on any atom is -0.464 e. The predicted octanol–water partition coefficient (Wildman–Crippen LogP) is 6.43. The van der Waals surface area contributed by atoms with Crippen LogP contribution in [0.5, 0.6) is 0 Å². The van der Waals surface area contributed by atoms with E-state index in [1.54, 1.807) is 45.0 Å². The summed E-state index contributed by atoms with van der Waals surface area (Å²) < 4.78 is 56.7. The van der Waals surface area contributed by atoms with Crippen molar-refractivity contribution < 1.29 is 42.3 Å². The van der Waals surface area contributed by atoms with E-state index in [4.69, 9.17) is 0 Å². The number of hydrogen-bond donors (Lipinski definition) is 4. The van der Waals surface area contributed by atoms with Gasteiger partial charge in [0.25, 0.3) is 0 Å². The number of rotatable bonds is 7. The van der Waals surface area contributed by atoms with Crippen LogP contribution in [-0.4, -0.2) is 52.6 Å². The molecule has 15 heteroatoms. The lowest BCUT2D eigenvalue weighted by Gasteiger charge is -2.26. The number of fused-ring (bicyclic) bond motifs is 1. The Labute approximate surface area is 250 Å². The fourth-order valence-corrected chi connectivity index (χ4v) is 6.16. The molecule has 0 radical (unpaired) electrons. The van der Waals surface area contributed by atoms with Gasteiger partial charge in [-0.3, -0.25) is 4.98 Å². The Kier molecular flexibility index (Phi) is 8.66. The highest BCUT2D eigenvalue weighted by atomic mass is 32.2. The highest BCUT2D eigenvalue weighted by Gasteiger charge is 2.51. The minimum atomic E-state index is -4.92. The molecular formula is C28H27F3N4O6S2. The van der Waals surface area contributed by atoms with Gasteiger partial charge in [0.05, 0.1) is 33.2 Å². The third-order valence-electron chi connectivity index (χ3n) is 6.44. The van der Waals surface area contributed by atoms with E-state index in [1.807, 2.05) is 0 Å². The number of anilines is 1. The average Bonchev–Trinajstić information content (AvgIpc) is 3.34. The van der Waals surface area contributed by atoms with Crippen molar-refractivity contribution in [1.82, 2.24) is 14.7 Å². The highest BCUT2D eigenvalue weighted by molar-refractivity contribution is 7.84. The number of aliphatic hydroxyl groups is 1. The number of alkyl halides is 3. The van der Waals surface area contributed by atoms with Gasteiger partial charge in [0.15, 0.2) is 5.60 Å². The number of carboxylic acid groups (broad SMARTS) is 2. The van der Waals surface area contributed by atoms with Crippen LogP contribution in [0.2, 0.25) is 0 Å². The monoisotopic (exact) mass is 636 g/mol. The summed E-state index contributed by atoms with van der Waals surface area (Å²) in [6, 6.07) is 12.4. The number of halogens is 3. The second-order valence-electron chi connectivity index (χ2n) is 10.6. The standard InChI is InChI=1S/C28H27F3N4O6S2/c1-26(2,3)43(41)34-22(18-9-6-10-21(33-18)35(24(36)37)25(38)39)20-13-15-7-5-8-17(23(15)42-20)19-14-16(11-12-32-19)27(4,40)28(29,30)31/h5-14,22,34,40H,1-4H3,(H,36,37)(H,38,39)/t22-,27?,43?/m1/s1. The Balaban J connectivity index is 1.87. The summed E-state index contributed by atoms with van der Waals surface area (Å²) in [4.78, 5) is 32.3. The zero-order valence-corrected chi connectivity index (χ0v) is 24.8. The molecule has 2 unspecified atom stereocenters. The van der Waals surface area contributed by atoms with Gasteiger partial charge in [0.1, 0.15) is 5.82 Å². The number of nitrogens with zero attached hydrogens (tertiary/aromatic N) is 3. The van der Waals surface area contributed by atoms with Crippen molar-refractivity contribution in [2.75, 3.05) is 4.90 Å². The van der Waals surface area contributed by atoms with Crippen LogP contribution >= 0.6 is 11.3 Å². The number of imide groups is 1. The number of pyridine rings is 2. The number of aromatic nitrogens is 2. The van der Waals surface area contributed by atoms with Crippen LogP contribution in [0.4, 0.5) is 28.6 Å². The normalized spacial score (nSPS) is 15.1. The molecule has 0 aliphatic heterocycles. The maximum atomic E-state index is 13.5. The van der Waals surface area contributed by atoms with Crippen molar-refractivity contribution in [2.45, 2.75) is 50.3 Å². The first-order chi connectivity index (χ1) is 19.9. The lowest BCUT2D eigenvalue weighted by molar-refractivity contribution is -0.258. The van der Waals surface area contributed by atoms with Gasteiger partial charge in [-0.05, 0) is 69.0 Å². The first-order valence-corrected chi connectivity index (χ1v) is 14.6. The highest BCUT2D eigenvalue weighted by Crippen LogP contribution is 2.42. The van der Waals surface area contributed by atoms with E-state index in [2.05, 4.69) is 14.7 Å². The van der Waals surface area contributed by atoms with E-state index < -0.39 is 45.7 Å². The first kappa shape index (κ1) is 32.0. The first-order valence-electron chi connectivity index (χ1n) is 12.6. The van der Waals surface area contributed by atoms with E-state index in [0.717, 1.165) is 6.07 Å². The van der Waals surface area contributed by atoms with Crippen LogP contribution in [0.25, 0.3) is 21.3 Å². The van der Waals surface area contributed by atoms with E-state index in [0.29, 0.717) is 27.5 Å². The number of nitrogens with one attached hydrogen (secondary N) is 1. The molecule has 0 saturated heterocycles. The number of thiophene rings is 1. The van der Waals surface area contributed by atoms with Crippen LogP contribution in [0, 0.1) is 0 Å². The molecule has 0 spiro atoms. The van der Waals surface area contributed by atoms with Crippen molar-refractivity contribution in [3.63, 3.8) is 0 Å². The predicted molar refractivity (Wildman–Crippen MR) is 156 cm³/mol. The summed E-state index contributed by atoms with van der Waals surface area (Å²) in [5, 5.41) is 29.7. The molecule has 1 aromatic carbocycles. The minimum absolute atomic E-state index is 0.0544. The summed E-state index contributed by atoms with van der Waals surface area (Å²) >= 11 is 1.21. The Hall–Kier alpha value is -3.92. The molecule has 4 N–H and O–H groups in total. The fourth-order valence-electron chi connectivity index (χ4n) is 4.02. The maximum Gasteiger partial charge on any atom is 0.422 e. The maximum absolute atomic E-state index is 13.5. The second kappa shape index (κ2) is 11.6. The third kappa shape index (κ3) is 6.54. The van der Waals surface area contributed by atoms with E-state index in [-0.39, 0.29) is 27.7 Å². The average molecular weight is 637 g/mol. The van der Waals surface area contributed by atoms with Crippen LogP contribution < -0.4 is 9.62 Å². The zero-order chi connectivity index (χ0) is 31.9. The number of amides is 2. The molecule has 0 fully saturated rings. The quantitative estimate of drug-likeness (QED) is 0.181. The van der Waals surface area contributed by atoms with Crippen LogP contribution in [0.3, 0.4) is 0 Å². The lowest BCUT2D eigenvalue weighted by Crippen LogP contribution is -2.39. The summed E-state index contributed by atoms with van der Waals surface area (Å²) in [5.74, 6) is -0.384. The van der Waals surface area contributed by atoms with E-state index >= 15 is 0 Å². The van der Waals surface area contributed by atoms with Crippen LogP contribution in [0.15, 0.2) is 60.8 Å². The molecule has 3 aromatic heterocycles. The van der Waals surface area contributed by atoms with Gasteiger partial charge in [0, 0.05) is 21.3 Å². The van der Waals surface area contributed by atoms with Crippen molar-refractivity contribution in [3.8, 4) is 11.3 Å². The van der Waals surface area contributed by atoms with Gasteiger partial charge < -0.3 is 15.3 Å². The van der Waals surface area contributed by atoms with E-state index in [1.165, 1.54) is 41.8 Å². The lowest BCUT2D eigenvalue weighted by atomic mass is 9.94. The molecule has 0 bridgehead atoms. The van der Waals surface area contributed by atoms with E-state index in [9.17, 15) is 42.3 Å². The van der Waals surface area contributed by atoms with Gasteiger partial charge >= 0.3 is 18.4 Å². The van der Waals surface area contributed by atoms with Crippen LogP contribution in [0.1, 0.15) is 49.9 Å². The summed E-state index contributed by atoms with van der Waals surface area (Å²) in [5.41, 5.74) is -2.66. The molecule has 4 aromatic rings. The molecule has 43 heavy (non-hydrogen) atoms. The molecule has 4 rings (SSSR count). The third-order valence-corrected chi connectivity index (χ3v) is 9.25. The van der Waals surface area contributed by atoms with Crippen molar-refractivity contribution in [2.24, 2.45) is 0 Å². The number of carbonyl (C=O) groups is 2. The van der Waals surface area contributed by atoms with Crippen molar-refractivity contribution >= 4 is 50.4 Å². The summed E-state index contributed by atoms with van der Waals surface area (Å²) in [7, 11) is -1.66. The number of hydrogen-bond acceptors (Lipinski definition) is 7. The molecule has 3 atom stereocenters. The van der Waals surface area contributed by atoms with Gasteiger partial charge in [-0.1, -0.05) is 24.3 Å². The molecule has 3 heterocycles. The van der Waals surface area contributed by atoms with Gasteiger partial charge in [-0.15, -0.1) is 11.3 Å². The SMILES string of the molecule is CC(C)(C)S(=O)N[C@H](c1cccc(N(C(=O)O)C(=O)O)n1)c1cc2cccc(-c3cc(C(C)(O)C(F)(F)F)ccn3)c2s1. The topological polar surface area (TPSA) is 153 Å². The molecule has 2 amide bonds. The summed E-state index contributed by atoms with van der Waals surface area (Å²) in [6.45, 7) is 5.89. The second-order valence-corrected chi connectivity index (χ2v) is 13.7. The Morgan fingerprint density at radius 2 is 1.65 bits per heavy atom. The fraction of sp³-hybridized carbons (Fsp3) is 0.286.